The summed E-state index contributed by atoms with van der Waals surface area (Å²) in [7, 11) is 0. The van der Waals surface area contributed by atoms with Crippen LogP contribution in [0.3, 0.4) is 0 Å². The van der Waals surface area contributed by atoms with Crippen molar-refractivity contribution >= 4 is 11.5 Å². The van der Waals surface area contributed by atoms with Gasteiger partial charge in [0.15, 0.2) is 0 Å². The number of rotatable bonds is 4. The van der Waals surface area contributed by atoms with Crippen LogP contribution in [0.5, 0.6) is 0 Å². The molecule has 0 saturated heterocycles. The van der Waals surface area contributed by atoms with Crippen LogP contribution < -0.4 is 16.8 Å². The van der Waals surface area contributed by atoms with Gasteiger partial charge in [0.25, 0.3) is 5.69 Å². The molecule has 1 unspecified atom stereocenters. The Morgan fingerprint density at radius 2 is 2.19 bits per heavy atom. The number of amidine groups is 1. The van der Waals surface area contributed by atoms with E-state index < -0.39 is 10.7 Å². The maximum atomic E-state index is 10.9. The molecule has 1 aromatic carbocycles. The van der Waals surface area contributed by atoms with Gasteiger partial charge in [-0.15, -0.1) is 0 Å². The Kier molecular flexibility index (Phi) is 3.95. The molecule has 0 aliphatic carbocycles. The number of hydrogen-bond donors (Lipinski definition) is 3. The van der Waals surface area contributed by atoms with Crippen LogP contribution in [0.25, 0.3) is 0 Å². The van der Waals surface area contributed by atoms with E-state index in [9.17, 15) is 10.1 Å². The number of benzene rings is 1. The maximum absolute atomic E-state index is 10.9. The highest BCUT2D eigenvalue weighted by Gasteiger charge is 2.31. The van der Waals surface area contributed by atoms with Gasteiger partial charge in [0.05, 0.1) is 4.92 Å². The zero-order chi connectivity index (χ0) is 15.6. The van der Waals surface area contributed by atoms with Crippen LogP contribution in [0.2, 0.25) is 0 Å². The molecule has 1 aromatic rings. The van der Waals surface area contributed by atoms with Crippen molar-refractivity contribution in [3.63, 3.8) is 0 Å². The van der Waals surface area contributed by atoms with Crippen LogP contribution in [0.15, 0.2) is 35.0 Å². The highest BCUT2D eigenvalue weighted by molar-refractivity contribution is 5.93. The van der Waals surface area contributed by atoms with E-state index in [-0.39, 0.29) is 5.69 Å². The largest absolute Gasteiger partial charge is 0.384 e. The molecule has 0 bridgehead atoms. The van der Waals surface area contributed by atoms with E-state index in [1.165, 1.54) is 6.07 Å². The number of nitrogens with one attached hydrogen (secondary N) is 1. The molecule has 1 atom stereocenters. The van der Waals surface area contributed by atoms with Gasteiger partial charge in [0, 0.05) is 22.9 Å². The first-order valence-corrected chi connectivity index (χ1v) is 6.74. The number of aliphatic imine (C=N–C) groups is 1. The quantitative estimate of drug-likeness (QED) is 0.574. The number of nitrogens with zero attached hydrogens (tertiary/aromatic N) is 2. The van der Waals surface area contributed by atoms with Gasteiger partial charge in [-0.2, -0.15) is 0 Å². The lowest BCUT2D eigenvalue weighted by Gasteiger charge is -2.32. The Hall–Kier alpha value is -2.41. The number of aryl methyl sites for hydroxylation is 1. The molecule has 0 radical (unpaired) electrons. The summed E-state index contributed by atoms with van der Waals surface area (Å²) in [5.41, 5.74) is 14.3. The van der Waals surface area contributed by atoms with Crippen LogP contribution in [-0.2, 0) is 5.79 Å². The molecular formula is C14H19N5O2. The van der Waals surface area contributed by atoms with Crippen LogP contribution >= 0.6 is 0 Å². The first-order chi connectivity index (χ1) is 9.85. The lowest BCUT2D eigenvalue weighted by molar-refractivity contribution is -0.385. The lowest BCUT2D eigenvalue weighted by atomic mass is 10.0. The molecular weight excluding hydrogens is 270 g/mol. The molecule has 1 aliphatic rings. The van der Waals surface area contributed by atoms with Gasteiger partial charge in [-0.3, -0.25) is 15.8 Å². The molecule has 112 valence electrons. The lowest BCUT2D eigenvalue weighted by Crippen LogP contribution is -2.51. The van der Waals surface area contributed by atoms with Crippen molar-refractivity contribution < 1.29 is 4.92 Å². The molecule has 0 aromatic heterocycles. The van der Waals surface area contributed by atoms with Crippen LogP contribution in [0, 0.1) is 17.0 Å². The summed E-state index contributed by atoms with van der Waals surface area (Å²) in [6, 6.07) is 4.70. The first kappa shape index (κ1) is 15.0. The predicted molar refractivity (Wildman–Crippen MR) is 81.4 cm³/mol. The minimum absolute atomic E-state index is 0.0550. The van der Waals surface area contributed by atoms with E-state index in [4.69, 9.17) is 11.5 Å². The number of nitro benzene ring substituents is 1. The highest BCUT2D eigenvalue weighted by atomic mass is 16.6. The molecule has 0 saturated carbocycles. The average molecular weight is 289 g/mol. The fraction of sp³-hybridized carbons (Fsp3) is 0.357. The second-order valence-electron chi connectivity index (χ2n) is 5.11. The second kappa shape index (κ2) is 5.53. The van der Waals surface area contributed by atoms with E-state index in [1.54, 1.807) is 25.1 Å². The number of allylic oxidation sites excluding steroid dienone is 1. The Morgan fingerprint density at radius 3 is 2.76 bits per heavy atom. The third-order valence-corrected chi connectivity index (χ3v) is 3.33. The minimum Gasteiger partial charge on any atom is -0.384 e. The summed E-state index contributed by atoms with van der Waals surface area (Å²) in [5.74, 6) is -0.848. The Labute approximate surface area is 122 Å². The minimum atomic E-state index is -1.19. The third-order valence-electron chi connectivity index (χ3n) is 3.33. The van der Waals surface area contributed by atoms with Crippen LogP contribution in [-0.4, -0.2) is 10.8 Å². The van der Waals surface area contributed by atoms with Gasteiger partial charge in [0.2, 0.25) is 5.79 Å². The van der Waals surface area contributed by atoms with Crippen molar-refractivity contribution in [1.29, 1.82) is 0 Å². The summed E-state index contributed by atoms with van der Waals surface area (Å²) < 4.78 is 0. The van der Waals surface area contributed by atoms with Gasteiger partial charge in [0.1, 0.15) is 5.84 Å². The average Bonchev–Trinajstić information content (AvgIpc) is 2.37. The maximum Gasteiger partial charge on any atom is 0.272 e. The topological polar surface area (TPSA) is 120 Å². The Bertz CT molecular complexity index is 638. The molecule has 0 amide bonds. The summed E-state index contributed by atoms with van der Waals surface area (Å²) >= 11 is 0. The molecule has 7 nitrogen and oxygen atoms in total. The van der Waals surface area contributed by atoms with Crippen molar-refractivity contribution in [3.05, 3.63) is 51.2 Å². The van der Waals surface area contributed by atoms with Gasteiger partial charge in [-0.25, -0.2) is 4.99 Å². The van der Waals surface area contributed by atoms with Gasteiger partial charge in [-0.1, -0.05) is 13.3 Å². The zero-order valence-corrected chi connectivity index (χ0v) is 12.1. The standard InChI is InChI=1S/C14H19N5O2/c1-3-4-11-8-13(15)18-14(16,17-11)10-5-6-12(19(20)21)9(2)7-10/h5-8,17H,3-4,16H2,1-2H3,(H2,15,18). The van der Waals surface area contributed by atoms with Gasteiger partial charge >= 0.3 is 0 Å². The number of nitrogens with two attached hydrogens (primary N) is 2. The summed E-state index contributed by atoms with van der Waals surface area (Å²) in [4.78, 5) is 14.7. The summed E-state index contributed by atoms with van der Waals surface area (Å²) in [6.07, 6.45) is 3.51. The highest BCUT2D eigenvalue weighted by Crippen LogP contribution is 2.27. The second-order valence-corrected chi connectivity index (χ2v) is 5.11. The Morgan fingerprint density at radius 1 is 1.48 bits per heavy atom. The molecule has 1 aliphatic heterocycles. The SMILES string of the molecule is CCCC1=CC(N)=NC(N)(c2ccc([N+](=O)[O-])c(C)c2)N1. The van der Waals surface area contributed by atoms with E-state index in [0.717, 1.165) is 18.5 Å². The molecule has 21 heavy (non-hydrogen) atoms. The monoisotopic (exact) mass is 289 g/mol. The number of hydrogen-bond acceptors (Lipinski definition) is 6. The van der Waals surface area contributed by atoms with Crippen LogP contribution in [0.4, 0.5) is 5.69 Å². The predicted octanol–water partition coefficient (Wildman–Crippen LogP) is 1.62. The molecule has 7 heteroatoms. The number of nitro groups is 1. The fourth-order valence-corrected chi connectivity index (χ4v) is 2.36. The van der Waals surface area contributed by atoms with Crippen molar-refractivity contribution in [1.82, 2.24) is 5.32 Å². The van der Waals surface area contributed by atoms with E-state index in [1.807, 2.05) is 0 Å². The molecule has 1 heterocycles. The van der Waals surface area contributed by atoms with Crippen LogP contribution in [0.1, 0.15) is 30.9 Å². The fourth-order valence-electron chi connectivity index (χ4n) is 2.36. The van der Waals surface area contributed by atoms with Gasteiger partial charge < -0.3 is 11.1 Å². The smallest absolute Gasteiger partial charge is 0.272 e. The normalized spacial score (nSPS) is 21.3. The molecule has 0 spiro atoms. The third kappa shape index (κ3) is 3.03. The van der Waals surface area contributed by atoms with Crippen molar-refractivity contribution in [2.24, 2.45) is 16.5 Å². The summed E-state index contributed by atoms with van der Waals surface area (Å²) in [5, 5.41) is 14.0. The van der Waals surface area contributed by atoms with Gasteiger partial charge in [-0.05, 0) is 31.6 Å². The Balaban J connectivity index is 2.39. The van der Waals surface area contributed by atoms with Crippen molar-refractivity contribution in [2.75, 3.05) is 0 Å². The molecule has 5 N–H and O–H groups in total. The molecule has 2 rings (SSSR count). The van der Waals surface area contributed by atoms with E-state index in [0.29, 0.717) is 17.0 Å². The van der Waals surface area contributed by atoms with Crippen molar-refractivity contribution in [3.8, 4) is 0 Å². The summed E-state index contributed by atoms with van der Waals surface area (Å²) in [6.45, 7) is 3.72. The molecule has 0 fully saturated rings. The first-order valence-electron chi connectivity index (χ1n) is 6.74. The zero-order valence-electron chi connectivity index (χ0n) is 12.1. The van der Waals surface area contributed by atoms with E-state index in [2.05, 4.69) is 17.2 Å². The van der Waals surface area contributed by atoms with Crippen molar-refractivity contribution in [2.45, 2.75) is 32.5 Å². The van der Waals surface area contributed by atoms with E-state index >= 15 is 0 Å².